The van der Waals surface area contributed by atoms with Crippen LogP contribution in [0.3, 0.4) is 0 Å². The lowest BCUT2D eigenvalue weighted by Gasteiger charge is -2.38. The highest BCUT2D eigenvalue weighted by molar-refractivity contribution is 5.79. The van der Waals surface area contributed by atoms with Crippen LogP contribution in [0.15, 0.2) is 12.4 Å². The molecule has 1 aliphatic carbocycles. The smallest absolute Gasteiger partial charge is 0.225 e. The first-order valence-electron chi connectivity index (χ1n) is 9.03. The van der Waals surface area contributed by atoms with Gasteiger partial charge in [0.05, 0.1) is 6.54 Å². The maximum atomic E-state index is 12.7. The Morgan fingerprint density at radius 3 is 2.43 bits per heavy atom. The molecule has 126 valence electrons. The van der Waals surface area contributed by atoms with E-state index < -0.39 is 0 Å². The molecule has 4 rings (SSSR count). The third kappa shape index (κ3) is 3.58. The van der Waals surface area contributed by atoms with E-state index in [1.54, 1.807) is 6.20 Å². The number of hydrogen-bond donors (Lipinski definition) is 1. The molecule has 3 fully saturated rings. The summed E-state index contributed by atoms with van der Waals surface area (Å²) in [5.74, 6) is 1.68. The molecule has 23 heavy (non-hydrogen) atoms. The van der Waals surface area contributed by atoms with Crippen molar-refractivity contribution < 1.29 is 4.79 Å². The summed E-state index contributed by atoms with van der Waals surface area (Å²) in [5, 5.41) is 0. The normalized spacial score (nSPS) is 25.0. The number of carbonyl (C=O) groups excluding carboxylic acids is 1. The van der Waals surface area contributed by atoms with E-state index in [0.717, 1.165) is 70.5 Å². The molecule has 1 N–H and O–H groups in total. The van der Waals surface area contributed by atoms with Gasteiger partial charge in [0, 0.05) is 50.5 Å². The number of carbonyl (C=O) groups is 1. The number of rotatable bonds is 4. The van der Waals surface area contributed by atoms with Crippen molar-refractivity contribution in [3.63, 3.8) is 0 Å². The zero-order valence-electron chi connectivity index (χ0n) is 13.8. The van der Waals surface area contributed by atoms with E-state index in [1.807, 2.05) is 6.20 Å². The lowest BCUT2D eigenvalue weighted by molar-refractivity contribution is -0.139. The molecule has 0 radical (unpaired) electrons. The molecule has 6 nitrogen and oxygen atoms in total. The average molecular weight is 317 g/mol. The van der Waals surface area contributed by atoms with Crippen molar-refractivity contribution in [1.29, 1.82) is 0 Å². The molecule has 0 unspecified atom stereocenters. The van der Waals surface area contributed by atoms with Gasteiger partial charge in [-0.2, -0.15) is 0 Å². The molecule has 0 aromatic carbocycles. The first-order valence-corrected chi connectivity index (χ1v) is 9.03. The molecule has 0 bridgehead atoms. The maximum Gasteiger partial charge on any atom is 0.225 e. The number of nitrogens with one attached hydrogen (secondary N) is 1. The number of piperazine rings is 1. The van der Waals surface area contributed by atoms with E-state index in [2.05, 4.69) is 24.7 Å². The Balaban J connectivity index is 1.22. The zero-order valence-corrected chi connectivity index (χ0v) is 13.8. The Hall–Kier alpha value is -1.40. The van der Waals surface area contributed by atoms with Gasteiger partial charge in [-0.25, -0.2) is 4.98 Å². The molecule has 1 saturated carbocycles. The summed E-state index contributed by atoms with van der Waals surface area (Å²) in [5.41, 5.74) is 0. The Kier molecular flexibility index (Phi) is 4.35. The number of amides is 1. The summed E-state index contributed by atoms with van der Waals surface area (Å²) in [4.78, 5) is 27.2. The Morgan fingerprint density at radius 2 is 1.83 bits per heavy atom. The number of likely N-dealkylation sites (tertiary alicyclic amines) is 1. The molecule has 3 aliphatic rings. The van der Waals surface area contributed by atoms with Crippen LogP contribution >= 0.6 is 0 Å². The summed E-state index contributed by atoms with van der Waals surface area (Å²) in [6, 6.07) is 0.844. The summed E-state index contributed by atoms with van der Waals surface area (Å²) in [7, 11) is 0. The third-order valence-electron chi connectivity index (χ3n) is 5.55. The van der Waals surface area contributed by atoms with Crippen LogP contribution in [0.2, 0.25) is 0 Å². The number of H-pyrrole nitrogens is 1. The van der Waals surface area contributed by atoms with Gasteiger partial charge in [0.25, 0.3) is 0 Å². The molecule has 3 heterocycles. The molecule has 6 heteroatoms. The number of aromatic nitrogens is 2. The second kappa shape index (κ2) is 6.61. The average Bonchev–Trinajstić information content (AvgIpc) is 3.33. The minimum absolute atomic E-state index is 0.265. The predicted octanol–water partition coefficient (Wildman–Crippen LogP) is 0.928. The van der Waals surface area contributed by atoms with Gasteiger partial charge in [-0.15, -0.1) is 0 Å². The lowest BCUT2D eigenvalue weighted by Crippen LogP contribution is -2.51. The minimum atomic E-state index is 0.265. The van der Waals surface area contributed by atoms with Crippen molar-refractivity contribution >= 4 is 5.91 Å². The predicted molar refractivity (Wildman–Crippen MR) is 87.8 cm³/mol. The maximum absolute atomic E-state index is 12.7. The third-order valence-corrected chi connectivity index (χ3v) is 5.55. The van der Waals surface area contributed by atoms with Gasteiger partial charge in [-0.1, -0.05) is 0 Å². The van der Waals surface area contributed by atoms with Crippen LogP contribution in [-0.2, 0) is 11.3 Å². The van der Waals surface area contributed by atoms with Crippen molar-refractivity contribution in [3.05, 3.63) is 18.2 Å². The van der Waals surface area contributed by atoms with E-state index in [1.165, 1.54) is 12.8 Å². The molecule has 1 aromatic rings. The standard InChI is InChI=1S/C17H27N5O/c23-17(14-3-7-21(8-4-14)15-1-2-15)22-11-9-20(10-12-22)13-16-18-5-6-19-16/h5-6,14-15H,1-4,7-13H2,(H,18,19). The van der Waals surface area contributed by atoms with Gasteiger partial charge in [0.2, 0.25) is 5.91 Å². The fraction of sp³-hybridized carbons (Fsp3) is 0.765. The summed E-state index contributed by atoms with van der Waals surface area (Å²) < 4.78 is 0. The van der Waals surface area contributed by atoms with E-state index in [9.17, 15) is 4.79 Å². The summed E-state index contributed by atoms with van der Waals surface area (Å²) >= 11 is 0. The van der Waals surface area contributed by atoms with E-state index in [0.29, 0.717) is 5.91 Å². The zero-order chi connectivity index (χ0) is 15.6. The second-order valence-corrected chi connectivity index (χ2v) is 7.18. The number of aromatic amines is 1. The van der Waals surface area contributed by atoms with Crippen molar-refractivity contribution in [2.45, 2.75) is 38.3 Å². The lowest BCUT2D eigenvalue weighted by atomic mass is 9.95. The Bertz CT molecular complexity index is 511. The van der Waals surface area contributed by atoms with Crippen LogP contribution in [0, 0.1) is 5.92 Å². The van der Waals surface area contributed by atoms with Gasteiger partial charge in [0.1, 0.15) is 5.82 Å². The molecular formula is C17H27N5O. The van der Waals surface area contributed by atoms with Crippen molar-refractivity contribution in [1.82, 2.24) is 24.7 Å². The fourth-order valence-electron chi connectivity index (χ4n) is 3.93. The highest BCUT2D eigenvalue weighted by Crippen LogP contribution is 2.31. The van der Waals surface area contributed by atoms with Crippen LogP contribution in [0.25, 0.3) is 0 Å². The van der Waals surface area contributed by atoms with E-state index in [-0.39, 0.29) is 5.92 Å². The molecule has 1 amide bonds. The van der Waals surface area contributed by atoms with Crippen molar-refractivity contribution in [2.75, 3.05) is 39.3 Å². The monoisotopic (exact) mass is 317 g/mol. The molecule has 2 aliphatic heterocycles. The first kappa shape index (κ1) is 15.1. The van der Waals surface area contributed by atoms with Gasteiger partial charge >= 0.3 is 0 Å². The quantitative estimate of drug-likeness (QED) is 0.897. The number of imidazole rings is 1. The SMILES string of the molecule is O=C(C1CCN(C2CC2)CC1)N1CCN(Cc2ncc[nH]2)CC1. The molecule has 0 spiro atoms. The van der Waals surface area contributed by atoms with Crippen molar-refractivity contribution in [2.24, 2.45) is 5.92 Å². The Labute approximate surface area is 137 Å². The topological polar surface area (TPSA) is 55.5 Å². The van der Waals surface area contributed by atoms with E-state index >= 15 is 0 Å². The fourth-order valence-corrected chi connectivity index (χ4v) is 3.93. The molecular weight excluding hydrogens is 290 g/mol. The first-order chi connectivity index (χ1) is 11.3. The Morgan fingerprint density at radius 1 is 1.09 bits per heavy atom. The largest absolute Gasteiger partial charge is 0.348 e. The van der Waals surface area contributed by atoms with Crippen LogP contribution in [0.1, 0.15) is 31.5 Å². The highest BCUT2D eigenvalue weighted by Gasteiger charge is 2.35. The van der Waals surface area contributed by atoms with Crippen LogP contribution < -0.4 is 0 Å². The second-order valence-electron chi connectivity index (χ2n) is 7.18. The van der Waals surface area contributed by atoms with Gasteiger partial charge in [0.15, 0.2) is 0 Å². The van der Waals surface area contributed by atoms with Crippen LogP contribution in [0.4, 0.5) is 0 Å². The highest BCUT2D eigenvalue weighted by atomic mass is 16.2. The number of hydrogen-bond acceptors (Lipinski definition) is 4. The van der Waals surface area contributed by atoms with Gasteiger partial charge < -0.3 is 14.8 Å². The molecule has 1 aromatic heterocycles. The molecule has 2 saturated heterocycles. The van der Waals surface area contributed by atoms with E-state index in [4.69, 9.17) is 0 Å². The molecule has 0 atom stereocenters. The summed E-state index contributed by atoms with van der Waals surface area (Å²) in [6.07, 6.45) is 8.52. The number of nitrogens with zero attached hydrogens (tertiary/aromatic N) is 4. The minimum Gasteiger partial charge on any atom is -0.348 e. The van der Waals surface area contributed by atoms with Crippen LogP contribution in [-0.4, -0.2) is 75.9 Å². The van der Waals surface area contributed by atoms with Crippen LogP contribution in [0.5, 0.6) is 0 Å². The summed E-state index contributed by atoms with van der Waals surface area (Å²) in [6.45, 7) is 6.74. The van der Waals surface area contributed by atoms with Crippen molar-refractivity contribution in [3.8, 4) is 0 Å². The van der Waals surface area contributed by atoms with Gasteiger partial charge in [-0.05, 0) is 38.8 Å². The van der Waals surface area contributed by atoms with Gasteiger partial charge in [-0.3, -0.25) is 9.69 Å². The number of piperidine rings is 1.